The molecule has 2 heterocycles. The van der Waals surface area contributed by atoms with E-state index in [0.29, 0.717) is 12.1 Å². The predicted molar refractivity (Wildman–Crippen MR) is 69.9 cm³/mol. The first-order valence-electron chi connectivity index (χ1n) is 6.32. The third kappa shape index (κ3) is 2.26. The van der Waals surface area contributed by atoms with Crippen LogP contribution in [0.25, 0.3) is 0 Å². The van der Waals surface area contributed by atoms with Gasteiger partial charge in [0.25, 0.3) is 0 Å². The maximum Gasteiger partial charge on any atom is 0.0703 e. The number of rotatable bonds is 3. The first kappa shape index (κ1) is 12.7. The van der Waals surface area contributed by atoms with E-state index in [-0.39, 0.29) is 5.54 Å². The highest BCUT2D eigenvalue weighted by atomic mass is 32.2. The van der Waals surface area contributed by atoms with Gasteiger partial charge in [-0.3, -0.25) is 4.90 Å². The Morgan fingerprint density at radius 2 is 2.12 bits per heavy atom. The molecule has 16 heavy (non-hydrogen) atoms. The first-order chi connectivity index (χ1) is 7.69. The lowest BCUT2D eigenvalue weighted by Gasteiger charge is -2.47. The summed E-state index contributed by atoms with van der Waals surface area (Å²) < 4.78 is 5.68. The second-order valence-corrected chi connectivity index (χ2v) is 6.31. The number of nitrogens with two attached hydrogens (primary N) is 1. The third-order valence-corrected chi connectivity index (χ3v) is 5.37. The minimum atomic E-state index is 0.234. The topological polar surface area (TPSA) is 38.5 Å². The number of ether oxygens (including phenoxy) is 1. The highest BCUT2D eigenvalue weighted by Crippen LogP contribution is 2.34. The van der Waals surface area contributed by atoms with Gasteiger partial charge in [-0.05, 0) is 44.7 Å². The molecule has 2 fully saturated rings. The van der Waals surface area contributed by atoms with Gasteiger partial charge in [0.1, 0.15) is 0 Å². The van der Waals surface area contributed by atoms with E-state index in [2.05, 4.69) is 30.6 Å². The van der Waals surface area contributed by atoms with Crippen LogP contribution in [0.15, 0.2) is 0 Å². The van der Waals surface area contributed by atoms with E-state index in [0.717, 1.165) is 19.6 Å². The molecule has 0 saturated carbocycles. The average Bonchev–Trinajstić information content (AvgIpc) is 2.75. The van der Waals surface area contributed by atoms with Crippen LogP contribution in [-0.4, -0.2) is 54.3 Å². The van der Waals surface area contributed by atoms with Crippen LogP contribution in [0.2, 0.25) is 0 Å². The SMILES string of the molecule is CC1OCCC1N(C)C1(CN)CCSCC1. The fraction of sp³-hybridized carbons (Fsp3) is 1.00. The first-order valence-corrected chi connectivity index (χ1v) is 7.47. The smallest absolute Gasteiger partial charge is 0.0703 e. The molecule has 94 valence electrons. The van der Waals surface area contributed by atoms with Crippen molar-refractivity contribution in [2.24, 2.45) is 5.73 Å². The number of likely N-dealkylation sites (N-methyl/N-ethyl adjacent to an activating group) is 1. The molecule has 2 aliphatic heterocycles. The summed E-state index contributed by atoms with van der Waals surface area (Å²) in [4.78, 5) is 2.53. The highest BCUT2D eigenvalue weighted by molar-refractivity contribution is 7.99. The van der Waals surface area contributed by atoms with Crippen molar-refractivity contribution >= 4 is 11.8 Å². The van der Waals surface area contributed by atoms with Crippen LogP contribution in [0.5, 0.6) is 0 Å². The van der Waals surface area contributed by atoms with Crippen LogP contribution in [-0.2, 0) is 4.74 Å². The summed E-state index contributed by atoms with van der Waals surface area (Å²) in [5.74, 6) is 2.51. The summed E-state index contributed by atoms with van der Waals surface area (Å²) >= 11 is 2.06. The molecule has 0 aromatic rings. The van der Waals surface area contributed by atoms with Crippen molar-refractivity contribution in [3.05, 3.63) is 0 Å². The maximum atomic E-state index is 6.06. The van der Waals surface area contributed by atoms with Gasteiger partial charge < -0.3 is 10.5 Å². The zero-order chi connectivity index (χ0) is 11.6. The molecule has 0 amide bonds. The van der Waals surface area contributed by atoms with Crippen LogP contribution in [0.4, 0.5) is 0 Å². The number of thioether (sulfide) groups is 1. The zero-order valence-electron chi connectivity index (χ0n) is 10.4. The van der Waals surface area contributed by atoms with Crippen molar-refractivity contribution in [3.8, 4) is 0 Å². The number of hydrogen-bond acceptors (Lipinski definition) is 4. The van der Waals surface area contributed by atoms with Gasteiger partial charge in [0.2, 0.25) is 0 Å². The largest absolute Gasteiger partial charge is 0.377 e. The molecule has 2 N–H and O–H groups in total. The van der Waals surface area contributed by atoms with Crippen molar-refractivity contribution in [1.29, 1.82) is 0 Å². The van der Waals surface area contributed by atoms with E-state index >= 15 is 0 Å². The Balaban J connectivity index is 2.07. The van der Waals surface area contributed by atoms with E-state index in [4.69, 9.17) is 10.5 Å². The average molecular weight is 244 g/mol. The van der Waals surface area contributed by atoms with E-state index in [9.17, 15) is 0 Å². The molecule has 0 aromatic carbocycles. The monoisotopic (exact) mass is 244 g/mol. The Morgan fingerprint density at radius 1 is 1.44 bits per heavy atom. The fourth-order valence-electron chi connectivity index (χ4n) is 3.03. The summed E-state index contributed by atoms with van der Waals surface area (Å²) in [5.41, 5.74) is 6.29. The van der Waals surface area contributed by atoms with E-state index in [1.54, 1.807) is 0 Å². The Morgan fingerprint density at radius 3 is 2.62 bits per heavy atom. The van der Waals surface area contributed by atoms with Crippen LogP contribution >= 0.6 is 11.8 Å². The lowest BCUT2D eigenvalue weighted by Crippen LogP contribution is -2.59. The van der Waals surface area contributed by atoms with Gasteiger partial charge >= 0.3 is 0 Å². The maximum absolute atomic E-state index is 6.06. The highest BCUT2D eigenvalue weighted by Gasteiger charge is 2.41. The molecule has 4 heteroatoms. The molecule has 0 aliphatic carbocycles. The summed E-state index contributed by atoms with van der Waals surface area (Å²) in [6.45, 7) is 3.88. The van der Waals surface area contributed by atoms with Crippen LogP contribution in [0.1, 0.15) is 26.2 Å². The van der Waals surface area contributed by atoms with Crippen molar-refractivity contribution in [2.45, 2.75) is 43.9 Å². The van der Waals surface area contributed by atoms with Crippen LogP contribution in [0, 0.1) is 0 Å². The Labute approximate surface area is 103 Å². The molecule has 2 unspecified atom stereocenters. The van der Waals surface area contributed by atoms with E-state index in [1.165, 1.54) is 24.3 Å². The summed E-state index contributed by atoms with van der Waals surface area (Å²) in [6, 6.07) is 0.562. The summed E-state index contributed by atoms with van der Waals surface area (Å²) in [6.07, 6.45) is 3.98. The van der Waals surface area contributed by atoms with E-state index in [1.807, 2.05) is 0 Å². The molecule has 0 spiro atoms. The standard InChI is InChI=1S/C12H24N2OS/c1-10-11(3-6-15-10)14(2)12(9-13)4-7-16-8-5-12/h10-11H,3-9,13H2,1-2H3. The Bertz CT molecular complexity index is 231. The molecule has 2 atom stereocenters. The molecular formula is C12H24N2OS. The van der Waals surface area contributed by atoms with Gasteiger partial charge in [0.05, 0.1) is 6.10 Å². The van der Waals surface area contributed by atoms with Gasteiger partial charge in [-0.15, -0.1) is 0 Å². The molecule has 2 rings (SSSR count). The molecular weight excluding hydrogens is 220 g/mol. The van der Waals surface area contributed by atoms with Gasteiger partial charge in [-0.2, -0.15) is 11.8 Å². The number of nitrogens with zero attached hydrogens (tertiary/aromatic N) is 1. The normalized spacial score (nSPS) is 34.5. The molecule has 2 saturated heterocycles. The van der Waals surface area contributed by atoms with Gasteiger partial charge in [0.15, 0.2) is 0 Å². The van der Waals surface area contributed by atoms with Crippen LogP contribution < -0.4 is 5.73 Å². The quantitative estimate of drug-likeness (QED) is 0.812. The lowest BCUT2D eigenvalue weighted by molar-refractivity contribution is 0.0238. The molecule has 0 bridgehead atoms. The molecule has 2 aliphatic rings. The summed E-state index contributed by atoms with van der Waals surface area (Å²) in [7, 11) is 2.25. The van der Waals surface area contributed by atoms with Gasteiger partial charge in [0, 0.05) is 24.7 Å². The van der Waals surface area contributed by atoms with E-state index < -0.39 is 0 Å². The molecule has 0 aromatic heterocycles. The van der Waals surface area contributed by atoms with Gasteiger partial charge in [-0.1, -0.05) is 0 Å². The molecule has 3 nitrogen and oxygen atoms in total. The zero-order valence-corrected chi connectivity index (χ0v) is 11.3. The van der Waals surface area contributed by atoms with Gasteiger partial charge in [-0.25, -0.2) is 0 Å². The number of hydrogen-bond donors (Lipinski definition) is 1. The van der Waals surface area contributed by atoms with Crippen molar-refractivity contribution in [1.82, 2.24) is 4.90 Å². The summed E-state index contributed by atoms with van der Waals surface area (Å²) in [5, 5.41) is 0. The lowest BCUT2D eigenvalue weighted by atomic mass is 9.88. The second-order valence-electron chi connectivity index (χ2n) is 5.08. The second kappa shape index (κ2) is 5.25. The minimum Gasteiger partial charge on any atom is -0.377 e. The van der Waals surface area contributed by atoms with Crippen molar-refractivity contribution in [2.75, 3.05) is 31.7 Å². The minimum absolute atomic E-state index is 0.234. The fourth-order valence-corrected chi connectivity index (χ4v) is 4.29. The van der Waals surface area contributed by atoms with Crippen molar-refractivity contribution in [3.63, 3.8) is 0 Å². The van der Waals surface area contributed by atoms with Crippen molar-refractivity contribution < 1.29 is 4.74 Å². The predicted octanol–water partition coefficient (Wildman–Crippen LogP) is 1.32. The molecule has 0 radical (unpaired) electrons. The Hall–Kier alpha value is 0.230. The Kier molecular flexibility index (Phi) is 4.16. The van der Waals surface area contributed by atoms with Crippen LogP contribution in [0.3, 0.4) is 0 Å². The third-order valence-electron chi connectivity index (χ3n) is 4.39.